The van der Waals surface area contributed by atoms with Crippen LogP contribution in [0.15, 0.2) is 30.6 Å². The summed E-state index contributed by atoms with van der Waals surface area (Å²) in [5, 5.41) is 8.82. The van der Waals surface area contributed by atoms with E-state index in [1.807, 2.05) is 38.6 Å². The van der Waals surface area contributed by atoms with Gasteiger partial charge in [-0.2, -0.15) is 5.10 Å². The van der Waals surface area contributed by atoms with Gasteiger partial charge >= 0.3 is 0 Å². The number of likely N-dealkylation sites (N-methyl/N-ethyl adjacent to an activating group) is 1. The SMILES string of the molecule is CNC(Cc1ccc(Cl)cc1Cl)c1cnn(C)c1. The van der Waals surface area contributed by atoms with E-state index in [0.717, 1.165) is 17.5 Å². The second-order valence-electron chi connectivity index (χ2n) is 4.23. The van der Waals surface area contributed by atoms with Crippen LogP contribution < -0.4 is 5.32 Å². The predicted molar refractivity (Wildman–Crippen MR) is 75.2 cm³/mol. The molecule has 1 unspecified atom stereocenters. The molecule has 0 amide bonds. The summed E-state index contributed by atoms with van der Waals surface area (Å²) in [6.07, 6.45) is 4.67. The number of aryl methyl sites for hydroxylation is 1. The molecular weight excluding hydrogens is 269 g/mol. The molecule has 0 radical (unpaired) electrons. The van der Waals surface area contributed by atoms with E-state index in [1.165, 1.54) is 0 Å². The average Bonchev–Trinajstić information content (AvgIpc) is 2.75. The third-order valence-electron chi connectivity index (χ3n) is 2.91. The number of nitrogens with one attached hydrogen (secondary N) is 1. The lowest BCUT2D eigenvalue weighted by Gasteiger charge is -2.15. The highest BCUT2D eigenvalue weighted by atomic mass is 35.5. The summed E-state index contributed by atoms with van der Waals surface area (Å²) in [6, 6.07) is 5.79. The molecule has 0 bridgehead atoms. The van der Waals surface area contributed by atoms with Crippen molar-refractivity contribution in [2.45, 2.75) is 12.5 Å². The first-order chi connectivity index (χ1) is 8.60. The quantitative estimate of drug-likeness (QED) is 0.934. The monoisotopic (exact) mass is 283 g/mol. The molecule has 3 nitrogen and oxygen atoms in total. The number of benzene rings is 1. The van der Waals surface area contributed by atoms with E-state index in [-0.39, 0.29) is 6.04 Å². The van der Waals surface area contributed by atoms with E-state index in [1.54, 1.807) is 10.7 Å². The summed E-state index contributed by atoms with van der Waals surface area (Å²) in [4.78, 5) is 0. The van der Waals surface area contributed by atoms with E-state index in [9.17, 15) is 0 Å². The van der Waals surface area contributed by atoms with Crippen molar-refractivity contribution in [1.29, 1.82) is 0 Å². The van der Waals surface area contributed by atoms with Gasteiger partial charge in [-0.15, -0.1) is 0 Å². The molecule has 1 atom stereocenters. The Morgan fingerprint density at radius 1 is 1.39 bits per heavy atom. The second-order valence-corrected chi connectivity index (χ2v) is 5.07. The normalized spacial score (nSPS) is 12.7. The Labute approximate surface area is 117 Å². The molecule has 1 aromatic heterocycles. The third-order valence-corrected chi connectivity index (χ3v) is 3.50. The molecule has 0 aliphatic rings. The Morgan fingerprint density at radius 2 is 2.17 bits per heavy atom. The molecule has 0 fully saturated rings. The number of hydrogen-bond acceptors (Lipinski definition) is 2. The van der Waals surface area contributed by atoms with Gasteiger partial charge in [0.1, 0.15) is 0 Å². The molecule has 0 aliphatic carbocycles. The Hall–Kier alpha value is -1.03. The van der Waals surface area contributed by atoms with E-state index in [4.69, 9.17) is 23.2 Å². The van der Waals surface area contributed by atoms with Crippen LogP contribution in [0, 0.1) is 0 Å². The topological polar surface area (TPSA) is 29.9 Å². The minimum atomic E-state index is 0.192. The Kier molecular flexibility index (Phi) is 4.27. The average molecular weight is 284 g/mol. The molecular formula is C13H15Cl2N3. The molecule has 2 aromatic rings. The summed E-state index contributed by atoms with van der Waals surface area (Å²) >= 11 is 12.1. The van der Waals surface area contributed by atoms with Crippen molar-refractivity contribution in [2.24, 2.45) is 7.05 Å². The summed E-state index contributed by atoms with van der Waals surface area (Å²) in [6.45, 7) is 0. The van der Waals surface area contributed by atoms with Crippen molar-refractivity contribution in [3.8, 4) is 0 Å². The molecule has 96 valence electrons. The van der Waals surface area contributed by atoms with Crippen LogP contribution in [0.25, 0.3) is 0 Å². The van der Waals surface area contributed by atoms with E-state index in [2.05, 4.69) is 10.4 Å². The van der Waals surface area contributed by atoms with Crippen molar-refractivity contribution in [2.75, 3.05) is 7.05 Å². The molecule has 5 heteroatoms. The highest BCUT2D eigenvalue weighted by Crippen LogP contribution is 2.25. The zero-order valence-electron chi connectivity index (χ0n) is 10.3. The number of hydrogen-bond donors (Lipinski definition) is 1. The summed E-state index contributed by atoms with van der Waals surface area (Å²) in [5.41, 5.74) is 2.22. The fraction of sp³-hybridized carbons (Fsp3) is 0.308. The van der Waals surface area contributed by atoms with E-state index in [0.29, 0.717) is 10.0 Å². The third kappa shape index (κ3) is 3.05. The smallest absolute Gasteiger partial charge is 0.0537 e. The summed E-state index contributed by atoms with van der Waals surface area (Å²) in [5.74, 6) is 0. The first kappa shape index (κ1) is 13.4. The van der Waals surface area contributed by atoms with Crippen molar-refractivity contribution >= 4 is 23.2 Å². The van der Waals surface area contributed by atoms with Crippen LogP contribution in [-0.4, -0.2) is 16.8 Å². The Morgan fingerprint density at radius 3 is 2.72 bits per heavy atom. The van der Waals surface area contributed by atoms with Crippen LogP contribution in [0.5, 0.6) is 0 Å². The molecule has 1 N–H and O–H groups in total. The molecule has 0 spiro atoms. The zero-order valence-corrected chi connectivity index (χ0v) is 11.8. The number of rotatable bonds is 4. The molecule has 0 saturated heterocycles. The fourth-order valence-corrected chi connectivity index (χ4v) is 2.40. The maximum Gasteiger partial charge on any atom is 0.0537 e. The van der Waals surface area contributed by atoms with Crippen LogP contribution in [0.4, 0.5) is 0 Å². The summed E-state index contributed by atoms with van der Waals surface area (Å²) in [7, 11) is 3.84. The lowest BCUT2D eigenvalue weighted by Crippen LogP contribution is -2.18. The van der Waals surface area contributed by atoms with Gasteiger partial charge in [-0.25, -0.2) is 0 Å². The lowest BCUT2D eigenvalue weighted by molar-refractivity contribution is 0.591. The van der Waals surface area contributed by atoms with Gasteiger partial charge in [0.25, 0.3) is 0 Å². The van der Waals surface area contributed by atoms with Gasteiger partial charge in [0.15, 0.2) is 0 Å². The van der Waals surface area contributed by atoms with Gasteiger partial charge in [-0.3, -0.25) is 4.68 Å². The van der Waals surface area contributed by atoms with Gasteiger partial charge in [-0.05, 0) is 31.2 Å². The van der Waals surface area contributed by atoms with Crippen LogP contribution in [0.2, 0.25) is 10.0 Å². The minimum Gasteiger partial charge on any atom is -0.313 e. The highest BCUT2D eigenvalue weighted by Gasteiger charge is 2.13. The second kappa shape index (κ2) is 5.74. The first-order valence-electron chi connectivity index (χ1n) is 5.70. The van der Waals surface area contributed by atoms with Gasteiger partial charge < -0.3 is 5.32 Å². The van der Waals surface area contributed by atoms with Crippen LogP contribution in [0.1, 0.15) is 17.2 Å². The Bertz CT molecular complexity index is 537. The molecule has 0 saturated carbocycles. The van der Waals surface area contributed by atoms with E-state index >= 15 is 0 Å². The maximum atomic E-state index is 6.19. The van der Waals surface area contributed by atoms with Crippen LogP contribution >= 0.6 is 23.2 Å². The van der Waals surface area contributed by atoms with Crippen LogP contribution in [0.3, 0.4) is 0 Å². The number of nitrogens with zero attached hydrogens (tertiary/aromatic N) is 2. The van der Waals surface area contributed by atoms with Crippen molar-refractivity contribution in [3.63, 3.8) is 0 Å². The Balaban J connectivity index is 2.20. The first-order valence-corrected chi connectivity index (χ1v) is 6.45. The molecule has 18 heavy (non-hydrogen) atoms. The summed E-state index contributed by atoms with van der Waals surface area (Å²) < 4.78 is 1.79. The van der Waals surface area contributed by atoms with Crippen molar-refractivity contribution < 1.29 is 0 Å². The molecule has 1 aromatic carbocycles. The van der Waals surface area contributed by atoms with Gasteiger partial charge in [0, 0.05) is 34.9 Å². The standard InChI is InChI=1S/C13H15Cl2N3/c1-16-13(10-7-17-18(2)8-10)5-9-3-4-11(14)6-12(9)15/h3-4,6-8,13,16H,5H2,1-2H3. The zero-order chi connectivity index (χ0) is 13.1. The van der Waals surface area contributed by atoms with Gasteiger partial charge in [-0.1, -0.05) is 29.3 Å². The molecule has 1 heterocycles. The highest BCUT2D eigenvalue weighted by molar-refractivity contribution is 6.35. The fourth-order valence-electron chi connectivity index (χ4n) is 1.91. The van der Waals surface area contributed by atoms with Gasteiger partial charge in [0.2, 0.25) is 0 Å². The largest absolute Gasteiger partial charge is 0.313 e. The predicted octanol–water partition coefficient (Wildman–Crippen LogP) is 3.23. The lowest BCUT2D eigenvalue weighted by atomic mass is 10.0. The maximum absolute atomic E-state index is 6.19. The molecule has 0 aliphatic heterocycles. The van der Waals surface area contributed by atoms with Crippen molar-refractivity contribution in [3.05, 3.63) is 51.8 Å². The number of halogens is 2. The van der Waals surface area contributed by atoms with E-state index < -0.39 is 0 Å². The van der Waals surface area contributed by atoms with Crippen LogP contribution in [-0.2, 0) is 13.5 Å². The van der Waals surface area contributed by atoms with Crippen molar-refractivity contribution in [1.82, 2.24) is 15.1 Å². The minimum absolute atomic E-state index is 0.192. The molecule has 2 rings (SSSR count). The van der Waals surface area contributed by atoms with Gasteiger partial charge in [0.05, 0.1) is 6.20 Å². The number of aromatic nitrogens is 2.